The molecule has 2 heterocycles. The van der Waals surface area contributed by atoms with Gasteiger partial charge in [-0.2, -0.15) is 11.8 Å². The maximum atomic E-state index is 5.80. The van der Waals surface area contributed by atoms with E-state index in [9.17, 15) is 0 Å². The van der Waals surface area contributed by atoms with Crippen molar-refractivity contribution in [2.24, 2.45) is 11.8 Å². The van der Waals surface area contributed by atoms with E-state index in [-0.39, 0.29) is 0 Å². The van der Waals surface area contributed by atoms with Crippen LogP contribution in [0, 0.1) is 5.92 Å². The maximum absolute atomic E-state index is 5.80. The summed E-state index contributed by atoms with van der Waals surface area (Å²) in [6, 6.07) is 2.78. The van der Waals surface area contributed by atoms with Crippen LogP contribution in [-0.4, -0.2) is 5.75 Å². The van der Waals surface area contributed by atoms with Crippen LogP contribution in [-0.2, 0) is 12.2 Å². The summed E-state index contributed by atoms with van der Waals surface area (Å²) in [4.78, 5) is 3.07. The summed E-state index contributed by atoms with van der Waals surface area (Å²) in [5.41, 5.74) is 4.62. The van der Waals surface area contributed by atoms with Gasteiger partial charge in [-0.25, -0.2) is 0 Å². The molecule has 3 rings (SSSR count). The Balaban J connectivity index is 1.62. The molecule has 1 aromatic rings. The molecule has 1 fully saturated rings. The minimum Gasteiger partial charge on any atom is -0.271 e. The van der Waals surface area contributed by atoms with Crippen LogP contribution in [0.25, 0.3) is 0 Å². The zero-order chi connectivity index (χ0) is 13.1. The summed E-state index contributed by atoms with van der Waals surface area (Å²) in [5.74, 6) is 9.25. The van der Waals surface area contributed by atoms with Crippen LogP contribution in [0.5, 0.6) is 0 Å². The molecule has 1 unspecified atom stereocenters. The second-order valence-electron chi connectivity index (χ2n) is 5.85. The quantitative estimate of drug-likeness (QED) is 0.637. The van der Waals surface area contributed by atoms with Gasteiger partial charge in [0.1, 0.15) is 0 Å². The Hall–Kier alpha value is -0.0300. The van der Waals surface area contributed by atoms with Crippen molar-refractivity contribution in [2.45, 2.75) is 56.7 Å². The number of hydrogen-bond donors (Lipinski definition) is 2. The Kier molecular flexibility index (Phi) is 4.85. The molecule has 2 nitrogen and oxygen atoms in total. The first-order valence-electron chi connectivity index (χ1n) is 7.52. The lowest BCUT2D eigenvalue weighted by molar-refractivity contribution is 0.419. The normalized spacial score (nSPS) is 21.5. The van der Waals surface area contributed by atoms with Crippen molar-refractivity contribution in [3.8, 4) is 0 Å². The molecule has 1 saturated carbocycles. The molecule has 0 radical (unpaired) electrons. The number of nitrogens with two attached hydrogens (primary N) is 1. The number of rotatable bonds is 5. The number of hydrogen-bond acceptors (Lipinski definition) is 4. The highest BCUT2D eigenvalue weighted by Crippen LogP contribution is 2.37. The van der Waals surface area contributed by atoms with E-state index < -0.39 is 0 Å². The van der Waals surface area contributed by atoms with Gasteiger partial charge in [0.05, 0.1) is 6.04 Å². The third-order valence-corrected chi connectivity index (χ3v) is 6.89. The Morgan fingerprint density at radius 3 is 2.95 bits per heavy atom. The molecule has 0 spiro atoms. The van der Waals surface area contributed by atoms with E-state index in [0.717, 1.165) is 5.92 Å². The van der Waals surface area contributed by atoms with Gasteiger partial charge in [0.2, 0.25) is 0 Å². The third-order valence-electron chi connectivity index (χ3n) is 4.53. The summed E-state index contributed by atoms with van der Waals surface area (Å²) in [6.45, 7) is 0. The van der Waals surface area contributed by atoms with Gasteiger partial charge in [-0.3, -0.25) is 11.3 Å². The molecule has 1 aromatic heterocycles. The monoisotopic (exact) mass is 296 g/mol. The lowest BCUT2D eigenvalue weighted by Crippen LogP contribution is -2.27. The first kappa shape index (κ1) is 13.9. The van der Waals surface area contributed by atoms with Gasteiger partial charge in [-0.05, 0) is 42.6 Å². The molecule has 106 valence electrons. The van der Waals surface area contributed by atoms with Gasteiger partial charge in [0.15, 0.2) is 0 Å². The Morgan fingerprint density at radius 2 is 2.21 bits per heavy atom. The topological polar surface area (TPSA) is 38.0 Å². The predicted molar refractivity (Wildman–Crippen MR) is 85.4 cm³/mol. The average molecular weight is 297 g/mol. The van der Waals surface area contributed by atoms with Crippen molar-refractivity contribution >= 4 is 23.1 Å². The number of nitrogens with one attached hydrogen (secondary N) is 1. The fraction of sp³-hybridized carbons (Fsp3) is 0.733. The minimum atomic E-state index is 0.376. The molecule has 1 aliphatic carbocycles. The summed E-state index contributed by atoms with van der Waals surface area (Å²) < 4.78 is 0. The highest BCUT2D eigenvalue weighted by molar-refractivity contribution is 7.98. The molecule has 19 heavy (non-hydrogen) atoms. The van der Waals surface area contributed by atoms with Gasteiger partial charge in [0.25, 0.3) is 0 Å². The molecule has 0 bridgehead atoms. The van der Waals surface area contributed by atoms with E-state index in [0.29, 0.717) is 6.04 Å². The molecule has 4 heteroatoms. The summed E-state index contributed by atoms with van der Waals surface area (Å²) in [5, 5.41) is 0. The van der Waals surface area contributed by atoms with Gasteiger partial charge >= 0.3 is 0 Å². The third kappa shape index (κ3) is 3.35. The van der Waals surface area contributed by atoms with E-state index in [1.54, 1.807) is 10.4 Å². The van der Waals surface area contributed by atoms with Crippen molar-refractivity contribution in [1.82, 2.24) is 5.43 Å². The van der Waals surface area contributed by atoms with Crippen LogP contribution in [0.15, 0.2) is 6.07 Å². The lowest BCUT2D eigenvalue weighted by Gasteiger charge is -2.16. The van der Waals surface area contributed by atoms with Crippen LogP contribution in [0.3, 0.4) is 0 Å². The molecular weight excluding hydrogens is 272 g/mol. The molecule has 0 amide bonds. The van der Waals surface area contributed by atoms with Crippen molar-refractivity contribution in [3.63, 3.8) is 0 Å². The average Bonchev–Trinajstić information content (AvgIpc) is 3.08. The molecular formula is C15H24N2S2. The highest BCUT2D eigenvalue weighted by Gasteiger charge is 2.21. The smallest absolute Gasteiger partial charge is 0.0553 e. The second kappa shape index (κ2) is 6.61. The summed E-state index contributed by atoms with van der Waals surface area (Å²) in [7, 11) is 0. The van der Waals surface area contributed by atoms with Crippen LogP contribution in [0.1, 0.15) is 59.9 Å². The van der Waals surface area contributed by atoms with E-state index >= 15 is 0 Å². The molecule has 1 atom stereocenters. The zero-order valence-electron chi connectivity index (χ0n) is 11.5. The Bertz CT molecular complexity index is 387. The van der Waals surface area contributed by atoms with Gasteiger partial charge in [-0.1, -0.05) is 25.7 Å². The summed E-state index contributed by atoms with van der Waals surface area (Å²) >= 11 is 4.05. The summed E-state index contributed by atoms with van der Waals surface area (Å²) in [6.07, 6.45) is 9.56. The van der Waals surface area contributed by atoms with Crippen LogP contribution in [0.2, 0.25) is 0 Å². The first-order valence-corrected chi connectivity index (χ1v) is 9.49. The second-order valence-corrected chi connectivity index (χ2v) is 8.12. The zero-order valence-corrected chi connectivity index (χ0v) is 13.1. The Morgan fingerprint density at radius 1 is 1.37 bits per heavy atom. The number of fused-ring (bicyclic) bond motifs is 1. The van der Waals surface area contributed by atoms with Crippen molar-refractivity contribution in [3.05, 3.63) is 21.4 Å². The van der Waals surface area contributed by atoms with E-state index in [1.807, 2.05) is 11.3 Å². The first-order chi connectivity index (χ1) is 9.36. The van der Waals surface area contributed by atoms with Crippen molar-refractivity contribution in [1.29, 1.82) is 0 Å². The van der Waals surface area contributed by atoms with Crippen molar-refractivity contribution < 1.29 is 0 Å². The number of hydrazine groups is 1. The van der Waals surface area contributed by atoms with Gasteiger partial charge in [0, 0.05) is 15.5 Å². The van der Waals surface area contributed by atoms with E-state index in [1.165, 1.54) is 61.3 Å². The fourth-order valence-electron chi connectivity index (χ4n) is 3.35. The van der Waals surface area contributed by atoms with Crippen LogP contribution in [0.4, 0.5) is 0 Å². The molecule has 0 saturated heterocycles. The molecule has 0 aromatic carbocycles. The molecule has 1 aliphatic heterocycles. The Labute approximate surface area is 124 Å². The minimum absolute atomic E-state index is 0.376. The van der Waals surface area contributed by atoms with Crippen molar-refractivity contribution in [2.75, 3.05) is 5.75 Å². The lowest BCUT2D eigenvalue weighted by atomic mass is 9.98. The van der Waals surface area contributed by atoms with E-state index in [4.69, 9.17) is 5.84 Å². The number of thiophene rings is 1. The number of thioether (sulfide) groups is 1. The highest BCUT2D eigenvalue weighted by atomic mass is 32.2. The standard InChI is InChI=1S/C15H24N2S2/c16-17-13(6-5-11-3-1-2-4-11)15-9-12-10-18-8-7-14(12)19-15/h9,11,13,17H,1-8,10,16H2. The van der Waals surface area contributed by atoms with Crippen LogP contribution < -0.4 is 11.3 Å². The molecule has 3 N–H and O–H groups in total. The predicted octanol–water partition coefficient (Wildman–Crippen LogP) is 4.01. The SMILES string of the molecule is NNC(CCC1CCCC1)c1cc2c(s1)CCSC2. The van der Waals surface area contributed by atoms with E-state index in [2.05, 4.69) is 23.3 Å². The van der Waals surface area contributed by atoms with Gasteiger partial charge < -0.3 is 0 Å². The largest absolute Gasteiger partial charge is 0.271 e. The maximum Gasteiger partial charge on any atom is 0.0553 e. The molecule has 2 aliphatic rings. The fourth-order valence-corrected chi connectivity index (χ4v) is 5.82. The number of aryl methyl sites for hydroxylation is 1. The van der Waals surface area contributed by atoms with Crippen LogP contribution >= 0.6 is 23.1 Å². The van der Waals surface area contributed by atoms with Gasteiger partial charge in [-0.15, -0.1) is 11.3 Å².